The predicted molar refractivity (Wildman–Crippen MR) is 38.8 cm³/mol. The van der Waals surface area contributed by atoms with Gasteiger partial charge in [0.1, 0.15) is 0 Å². The molecule has 0 aliphatic heterocycles. The molecule has 0 radical (unpaired) electrons. The molecule has 2 saturated carbocycles. The molecule has 4 unspecified atom stereocenters. The monoisotopic (exact) mass is 150 g/mol. The van der Waals surface area contributed by atoms with E-state index >= 15 is 0 Å². The van der Waals surface area contributed by atoms with Crippen LogP contribution in [0.15, 0.2) is 12.2 Å². The minimum atomic E-state index is -0.571. The summed E-state index contributed by atoms with van der Waals surface area (Å²) in [7, 11) is 0. The smallest absolute Gasteiger partial charge is 0.307 e. The standard InChI is InChI=1S/C9H10O2/c10-9(11)8-6-4-1-2-5(3-4)7(6)8/h1-2,4-8H,3H2,(H,10,11). The molecule has 2 bridgehead atoms. The molecule has 0 amide bonds. The van der Waals surface area contributed by atoms with Gasteiger partial charge < -0.3 is 5.11 Å². The highest BCUT2D eigenvalue weighted by Gasteiger charge is 2.66. The minimum Gasteiger partial charge on any atom is -0.481 e. The third kappa shape index (κ3) is 0.525. The maximum Gasteiger partial charge on any atom is 0.307 e. The number of carboxylic acid groups (broad SMARTS) is 1. The SMILES string of the molecule is O=C(O)C1C2C3C=CC(C3)C12. The molecular weight excluding hydrogens is 140 g/mol. The fourth-order valence-corrected chi connectivity index (χ4v) is 3.12. The zero-order valence-electron chi connectivity index (χ0n) is 6.10. The molecular formula is C9H10O2. The van der Waals surface area contributed by atoms with E-state index in [-0.39, 0.29) is 5.92 Å². The molecule has 0 spiro atoms. The van der Waals surface area contributed by atoms with Gasteiger partial charge in [-0.2, -0.15) is 0 Å². The first kappa shape index (κ1) is 5.81. The molecule has 0 saturated heterocycles. The Labute approximate surface area is 64.9 Å². The Morgan fingerprint density at radius 2 is 1.82 bits per heavy atom. The van der Waals surface area contributed by atoms with Crippen molar-refractivity contribution in [2.75, 3.05) is 0 Å². The number of hydrogen-bond donors (Lipinski definition) is 1. The van der Waals surface area contributed by atoms with Gasteiger partial charge in [0.05, 0.1) is 5.92 Å². The number of rotatable bonds is 1. The molecule has 2 heteroatoms. The van der Waals surface area contributed by atoms with Gasteiger partial charge in [0.2, 0.25) is 0 Å². The van der Waals surface area contributed by atoms with Crippen LogP contribution < -0.4 is 0 Å². The Kier molecular flexibility index (Phi) is 0.803. The van der Waals surface area contributed by atoms with E-state index in [4.69, 9.17) is 5.11 Å². The summed E-state index contributed by atoms with van der Waals surface area (Å²) in [6.45, 7) is 0. The van der Waals surface area contributed by atoms with Crippen LogP contribution in [-0.4, -0.2) is 11.1 Å². The van der Waals surface area contributed by atoms with Crippen molar-refractivity contribution in [1.29, 1.82) is 0 Å². The topological polar surface area (TPSA) is 37.3 Å². The number of allylic oxidation sites excluding steroid dienone is 2. The maximum absolute atomic E-state index is 10.7. The maximum atomic E-state index is 10.7. The lowest BCUT2D eigenvalue weighted by molar-refractivity contribution is -0.139. The summed E-state index contributed by atoms with van der Waals surface area (Å²) >= 11 is 0. The molecule has 0 heterocycles. The average Bonchev–Trinajstić information content (AvgIpc) is 2.44. The highest BCUT2D eigenvalue weighted by atomic mass is 16.4. The van der Waals surface area contributed by atoms with Gasteiger partial charge in [0, 0.05) is 0 Å². The van der Waals surface area contributed by atoms with Crippen LogP contribution >= 0.6 is 0 Å². The van der Waals surface area contributed by atoms with E-state index in [1.807, 2.05) is 0 Å². The van der Waals surface area contributed by atoms with Crippen LogP contribution in [-0.2, 0) is 4.79 Å². The number of fused-ring (bicyclic) bond motifs is 5. The third-order valence-corrected chi connectivity index (χ3v) is 3.56. The Morgan fingerprint density at radius 3 is 2.27 bits per heavy atom. The van der Waals surface area contributed by atoms with Crippen LogP contribution in [0.1, 0.15) is 6.42 Å². The zero-order valence-corrected chi connectivity index (χ0v) is 6.10. The molecule has 0 aromatic rings. The second-order valence-corrected chi connectivity index (χ2v) is 3.97. The molecule has 3 aliphatic rings. The molecule has 3 rings (SSSR count). The molecule has 0 aromatic carbocycles. The van der Waals surface area contributed by atoms with Crippen LogP contribution in [0.25, 0.3) is 0 Å². The van der Waals surface area contributed by atoms with Gasteiger partial charge in [0.15, 0.2) is 0 Å². The molecule has 2 fully saturated rings. The summed E-state index contributed by atoms with van der Waals surface area (Å²) in [6.07, 6.45) is 5.67. The van der Waals surface area contributed by atoms with Crippen molar-refractivity contribution >= 4 is 5.97 Å². The van der Waals surface area contributed by atoms with Gasteiger partial charge in [-0.3, -0.25) is 4.79 Å². The van der Waals surface area contributed by atoms with E-state index in [9.17, 15) is 4.79 Å². The Morgan fingerprint density at radius 1 is 1.27 bits per heavy atom. The van der Waals surface area contributed by atoms with Gasteiger partial charge in [-0.05, 0) is 30.1 Å². The highest BCUT2D eigenvalue weighted by molar-refractivity contribution is 5.75. The van der Waals surface area contributed by atoms with Crippen molar-refractivity contribution in [3.63, 3.8) is 0 Å². The van der Waals surface area contributed by atoms with E-state index in [0.29, 0.717) is 23.7 Å². The summed E-state index contributed by atoms with van der Waals surface area (Å²) in [5.74, 6) is 1.70. The zero-order chi connectivity index (χ0) is 7.59. The van der Waals surface area contributed by atoms with E-state index in [0.717, 1.165) is 0 Å². The number of aliphatic carboxylic acids is 1. The van der Waals surface area contributed by atoms with Crippen molar-refractivity contribution in [2.24, 2.45) is 29.6 Å². The van der Waals surface area contributed by atoms with Gasteiger partial charge in [-0.15, -0.1) is 0 Å². The number of carboxylic acids is 1. The Balaban J connectivity index is 1.90. The van der Waals surface area contributed by atoms with Crippen LogP contribution in [0, 0.1) is 29.6 Å². The molecule has 58 valence electrons. The van der Waals surface area contributed by atoms with E-state index in [1.54, 1.807) is 0 Å². The fraction of sp³-hybridized carbons (Fsp3) is 0.667. The van der Waals surface area contributed by atoms with Crippen molar-refractivity contribution in [3.8, 4) is 0 Å². The predicted octanol–water partition coefficient (Wildman–Crippen LogP) is 1.14. The van der Waals surface area contributed by atoms with Crippen molar-refractivity contribution < 1.29 is 9.90 Å². The van der Waals surface area contributed by atoms with Gasteiger partial charge in [-0.25, -0.2) is 0 Å². The average molecular weight is 150 g/mol. The van der Waals surface area contributed by atoms with Crippen LogP contribution in [0.5, 0.6) is 0 Å². The van der Waals surface area contributed by atoms with E-state index < -0.39 is 5.97 Å². The fourth-order valence-electron chi connectivity index (χ4n) is 3.12. The molecule has 11 heavy (non-hydrogen) atoms. The van der Waals surface area contributed by atoms with E-state index in [1.165, 1.54) is 6.42 Å². The van der Waals surface area contributed by atoms with Crippen LogP contribution in [0.2, 0.25) is 0 Å². The molecule has 0 aromatic heterocycles. The number of hydrogen-bond acceptors (Lipinski definition) is 1. The second kappa shape index (κ2) is 1.52. The molecule has 3 aliphatic carbocycles. The van der Waals surface area contributed by atoms with Crippen molar-refractivity contribution in [3.05, 3.63) is 12.2 Å². The summed E-state index contributed by atoms with van der Waals surface area (Å²) in [5, 5.41) is 8.79. The first-order valence-corrected chi connectivity index (χ1v) is 4.20. The lowest BCUT2D eigenvalue weighted by atomic mass is 10.0. The molecule has 2 nitrogen and oxygen atoms in total. The summed E-state index contributed by atoms with van der Waals surface area (Å²) in [4.78, 5) is 10.7. The molecule has 1 N–H and O–H groups in total. The summed E-state index contributed by atoms with van der Waals surface area (Å²) in [5.41, 5.74) is 0. The van der Waals surface area contributed by atoms with Crippen molar-refractivity contribution in [1.82, 2.24) is 0 Å². The normalized spacial score (nSPS) is 56.2. The summed E-state index contributed by atoms with van der Waals surface area (Å²) in [6, 6.07) is 0. The highest BCUT2D eigenvalue weighted by Crippen LogP contribution is 2.66. The number of carbonyl (C=O) groups is 1. The summed E-state index contributed by atoms with van der Waals surface area (Å²) < 4.78 is 0. The van der Waals surface area contributed by atoms with Gasteiger partial charge in [0.25, 0.3) is 0 Å². The van der Waals surface area contributed by atoms with Crippen LogP contribution in [0.4, 0.5) is 0 Å². The first-order chi connectivity index (χ1) is 5.29. The van der Waals surface area contributed by atoms with E-state index in [2.05, 4.69) is 12.2 Å². The quantitative estimate of drug-likeness (QED) is 0.569. The van der Waals surface area contributed by atoms with Crippen molar-refractivity contribution in [2.45, 2.75) is 6.42 Å². The van der Waals surface area contributed by atoms with Gasteiger partial charge in [-0.1, -0.05) is 12.2 Å². The van der Waals surface area contributed by atoms with Crippen LogP contribution in [0.3, 0.4) is 0 Å². The first-order valence-electron chi connectivity index (χ1n) is 4.20. The third-order valence-electron chi connectivity index (χ3n) is 3.56. The Hall–Kier alpha value is -0.790. The second-order valence-electron chi connectivity index (χ2n) is 3.97. The van der Waals surface area contributed by atoms with Gasteiger partial charge >= 0.3 is 5.97 Å². The lowest BCUT2D eigenvalue weighted by Gasteiger charge is -2.03. The lowest BCUT2D eigenvalue weighted by Crippen LogP contribution is -2.08. The molecule has 4 atom stereocenters. The minimum absolute atomic E-state index is 0.00810. The Bertz CT molecular complexity index is 238. The largest absolute Gasteiger partial charge is 0.481 e.